The van der Waals surface area contributed by atoms with Crippen molar-refractivity contribution in [3.63, 3.8) is 0 Å². The Bertz CT molecular complexity index is 1020. The smallest absolute Gasteiger partial charge is 0.326 e. The van der Waals surface area contributed by atoms with Crippen LogP contribution in [0.25, 0.3) is 11.0 Å². The standard InChI is InChI=1S/C17H17N5O4/c1-11-3-5-12(6-4-11)20-14(23)9-26-15(24)8-22-10-18-16-13(17(22)25)7-19-21(16)2/h3-7,10H,8-9H2,1-2H3,(H,20,23). The number of esters is 1. The first-order valence-electron chi connectivity index (χ1n) is 7.83. The van der Waals surface area contributed by atoms with E-state index in [9.17, 15) is 14.4 Å². The maximum absolute atomic E-state index is 12.3. The predicted molar refractivity (Wildman–Crippen MR) is 93.5 cm³/mol. The third kappa shape index (κ3) is 3.77. The number of carbonyl (C=O) groups is 2. The van der Waals surface area contributed by atoms with Crippen molar-refractivity contribution in [1.82, 2.24) is 19.3 Å². The van der Waals surface area contributed by atoms with Crippen LogP contribution in [0.5, 0.6) is 0 Å². The van der Waals surface area contributed by atoms with E-state index in [0.717, 1.165) is 10.1 Å². The number of nitrogens with zero attached hydrogens (tertiary/aromatic N) is 4. The van der Waals surface area contributed by atoms with Crippen LogP contribution in [-0.2, 0) is 27.9 Å². The SMILES string of the molecule is Cc1ccc(NC(=O)COC(=O)Cn2cnc3c(cnn3C)c2=O)cc1. The number of aryl methyl sites for hydroxylation is 2. The quantitative estimate of drug-likeness (QED) is 0.672. The van der Waals surface area contributed by atoms with Crippen molar-refractivity contribution in [3.05, 3.63) is 52.7 Å². The van der Waals surface area contributed by atoms with E-state index in [-0.39, 0.29) is 6.54 Å². The Morgan fingerprint density at radius 2 is 1.96 bits per heavy atom. The Balaban J connectivity index is 1.57. The number of rotatable bonds is 5. The Hall–Kier alpha value is -3.49. The monoisotopic (exact) mass is 355 g/mol. The molecule has 1 amide bonds. The van der Waals surface area contributed by atoms with Gasteiger partial charge in [0, 0.05) is 12.7 Å². The summed E-state index contributed by atoms with van der Waals surface area (Å²) < 4.78 is 7.50. The van der Waals surface area contributed by atoms with Gasteiger partial charge in [0.05, 0.1) is 6.20 Å². The number of carbonyl (C=O) groups excluding carboxylic acids is 2. The Morgan fingerprint density at radius 1 is 1.23 bits per heavy atom. The van der Waals surface area contributed by atoms with Gasteiger partial charge in [0.1, 0.15) is 18.3 Å². The summed E-state index contributed by atoms with van der Waals surface area (Å²) in [5.74, 6) is -1.17. The molecule has 3 rings (SSSR count). The summed E-state index contributed by atoms with van der Waals surface area (Å²) in [4.78, 5) is 40.1. The van der Waals surface area contributed by atoms with Crippen LogP contribution in [0.1, 0.15) is 5.56 Å². The van der Waals surface area contributed by atoms with Gasteiger partial charge in [-0.25, -0.2) is 4.98 Å². The largest absolute Gasteiger partial charge is 0.454 e. The number of anilines is 1. The zero-order valence-corrected chi connectivity index (χ0v) is 14.3. The molecule has 0 atom stereocenters. The molecule has 3 aromatic rings. The van der Waals surface area contributed by atoms with Crippen molar-refractivity contribution in [3.8, 4) is 0 Å². The van der Waals surface area contributed by atoms with Gasteiger partial charge in [-0.05, 0) is 19.1 Å². The highest BCUT2D eigenvalue weighted by Gasteiger charge is 2.13. The van der Waals surface area contributed by atoms with Gasteiger partial charge >= 0.3 is 5.97 Å². The lowest BCUT2D eigenvalue weighted by atomic mass is 10.2. The molecule has 9 nitrogen and oxygen atoms in total. The first-order valence-corrected chi connectivity index (χ1v) is 7.83. The molecule has 0 fully saturated rings. The van der Waals surface area contributed by atoms with E-state index in [2.05, 4.69) is 15.4 Å². The molecular weight excluding hydrogens is 338 g/mol. The summed E-state index contributed by atoms with van der Waals surface area (Å²) >= 11 is 0. The zero-order chi connectivity index (χ0) is 18.7. The summed E-state index contributed by atoms with van der Waals surface area (Å²) in [5, 5.41) is 6.88. The average Bonchev–Trinajstić information content (AvgIpc) is 2.99. The van der Waals surface area contributed by atoms with Crippen molar-refractivity contribution >= 4 is 28.6 Å². The molecule has 0 saturated carbocycles. The topological polar surface area (TPSA) is 108 Å². The Labute approximate surface area is 148 Å². The van der Waals surface area contributed by atoms with E-state index in [4.69, 9.17) is 4.74 Å². The fourth-order valence-corrected chi connectivity index (χ4v) is 2.34. The molecule has 2 heterocycles. The van der Waals surface area contributed by atoms with Crippen LogP contribution in [0.3, 0.4) is 0 Å². The van der Waals surface area contributed by atoms with Crippen LogP contribution in [0, 0.1) is 6.92 Å². The van der Waals surface area contributed by atoms with Crippen LogP contribution in [-0.4, -0.2) is 37.8 Å². The molecule has 2 aromatic heterocycles. The van der Waals surface area contributed by atoms with Crippen molar-refractivity contribution < 1.29 is 14.3 Å². The van der Waals surface area contributed by atoms with Gasteiger partial charge in [0.25, 0.3) is 11.5 Å². The number of amides is 1. The van der Waals surface area contributed by atoms with Crippen LogP contribution in [0.15, 0.2) is 41.6 Å². The fraction of sp³-hybridized carbons (Fsp3) is 0.235. The molecule has 1 N–H and O–H groups in total. The van der Waals surface area contributed by atoms with Crippen molar-refractivity contribution in [2.45, 2.75) is 13.5 Å². The van der Waals surface area contributed by atoms with E-state index in [1.807, 2.05) is 19.1 Å². The molecule has 26 heavy (non-hydrogen) atoms. The molecule has 0 radical (unpaired) electrons. The molecular formula is C17H17N5O4. The third-order valence-corrected chi connectivity index (χ3v) is 3.72. The van der Waals surface area contributed by atoms with Gasteiger partial charge in [-0.3, -0.25) is 23.6 Å². The van der Waals surface area contributed by atoms with Gasteiger partial charge in [-0.2, -0.15) is 5.10 Å². The average molecular weight is 355 g/mol. The summed E-state index contributed by atoms with van der Waals surface area (Å²) in [6.07, 6.45) is 2.64. The van der Waals surface area contributed by atoms with Gasteiger partial charge in [-0.15, -0.1) is 0 Å². The molecule has 1 aromatic carbocycles. The van der Waals surface area contributed by atoms with Crippen molar-refractivity contribution in [2.24, 2.45) is 7.05 Å². The summed E-state index contributed by atoms with van der Waals surface area (Å²) in [7, 11) is 1.67. The summed E-state index contributed by atoms with van der Waals surface area (Å²) in [5.41, 5.74) is 1.71. The highest BCUT2D eigenvalue weighted by molar-refractivity contribution is 5.92. The van der Waals surface area contributed by atoms with Crippen molar-refractivity contribution in [1.29, 1.82) is 0 Å². The van der Waals surface area contributed by atoms with Gasteiger partial charge in [-0.1, -0.05) is 17.7 Å². The van der Waals surface area contributed by atoms with Gasteiger partial charge < -0.3 is 10.1 Å². The predicted octanol–water partition coefficient (Wildman–Crippen LogP) is 0.620. The van der Waals surface area contributed by atoms with Crippen LogP contribution >= 0.6 is 0 Å². The van der Waals surface area contributed by atoms with Gasteiger partial charge in [0.15, 0.2) is 12.3 Å². The molecule has 0 spiro atoms. The highest BCUT2D eigenvalue weighted by atomic mass is 16.5. The van der Waals surface area contributed by atoms with E-state index >= 15 is 0 Å². The maximum atomic E-state index is 12.3. The fourth-order valence-electron chi connectivity index (χ4n) is 2.34. The van der Waals surface area contributed by atoms with Crippen LogP contribution in [0.4, 0.5) is 5.69 Å². The lowest BCUT2D eigenvalue weighted by Crippen LogP contribution is -2.28. The molecule has 0 aliphatic carbocycles. The first-order chi connectivity index (χ1) is 12.4. The normalized spacial score (nSPS) is 10.7. The minimum absolute atomic E-state index is 0.305. The minimum atomic E-state index is -0.712. The number of fused-ring (bicyclic) bond motifs is 1. The lowest BCUT2D eigenvalue weighted by molar-refractivity contribution is -0.147. The van der Waals surface area contributed by atoms with E-state index in [1.165, 1.54) is 17.2 Å². The lowest BCUT2D eigenvalue weighted by Gasteiger charge is -2.08. The Morgan fingerprint density at radius 3 is 2.69 bits per heavy atom. The van der Waals surface area contributed by atoms with E-state index in [0.29, 0.717) is 16.7 Å². The summed E-state index contributed by atoms with van der Waals surface area (Å²) in [6.45, 7) is 1.16. The zero-order valence-electron chi connectivity index (χ0n) is 14.3. The first kappa shape index (κ1) is 17.3. The van der Waals surface area contributed by atoms with Crippen LogP contribution in [0.2, 0.25) is 0 Å². The molecule has 0 unspecified atom stereocenters. The second-order valence-electron chi connectivity index (χ2n) is 5.76. The molecule has 134 valence electrons. The maximum Gasteiger partial charge on any atom is 0.326 e. The molecule has 9 heteroatoms. The minimum Gasteiger partial charge on any atom is -0.454 e. The summed E-state index contributed by atoms with van der Waals surface area (Å²) in [6, 6.07) is 7.22. The second kappa shape index (κ2) is 7.18. The Kier molecular flexibility index (Phi) is 4.78. The number of aromatic nitrogens is 4. The number of hydrogen-bond acceptors (Lipinski definition) is 6. The number of benzene rings is 1. The highest BCUT2D eigenvalue weighted by Crippen LogP contribution is 2.08. The second-order valence-corrected chi connectivity index (χ2v) is 5.76. The van der Waals surface area contributed by atoms with Crippen molar-refractivity contribution in [2.75, 3.05) is 11.9 Å². The number of nitrogens with one attached hydrogen (secondary N) is 1. The molecule has 0 aliphatic rings. The van der Waals surface area contributed by atoms with E-state index < -0.39 is 24.0 Å². The number of ether oxygens (including phenoxy) is 1. The van der Waals surface area contributed by atoms with E-state index in [1.54, 1.807) is 19.2 Å². The molecule has 0 aliphatic heterocycles. The number of hydrogen-bond donors (Lipinski definition) is 1. The molecule has 0 saturated heterocycles. The van der Waals surface area contributed by atoms with Gasteiger partial charge in [0.2, 0.25) is 0 Å². The molecule has 0 bridgehead atoms. The third-order valence-electron chi connectivity index (χ3n) is 3.72. The van der Waals surface area contributed by atoms with Crippen LogP contribution < -0.4 is 10.9 Å².